The molecule has 3 rings (SSSR count). The molecule has 1 heterocycles. The Labute approximate surface area is 123 Å². The zero-order valence-electron chi connectivity index (χ0n) is 10.8. The maximum absolute atomic E-state index is 10.9. The summed E-state index contributed by atoms with van der Waals surface area (Å²) in [5.74, 6) is 0. The molecule has 0 atom stereocenters. The number of hydrogen-bond donors (Lipinski definition) is 1. The zero-order chi connectivity index (χ0) is 15.0. The average Bonchev–Trinajstić information content (AvgIpc) is 2.91. The molecule has 2 aromatic carbocycles. The number of nitro groups is 1. The van der Waals surface area contributed by atoms with E-state index in [0.29, 0.717) is 16.4 Å². The summed E-state index contributed by atoms with van der Waals surface area (Å²) in [5.41, 5.74) is 2.44. The fourth-order valence-electron chi connectivity index (χ4n) is 1.97. The second kappa shape index (κ2) is 5.02. The van der Waals surface area contributed by atoms with Crippen LogP contribution in [0, 0.1) is 17.0 Å². The molecule has 8 heteroatoms. The van der Waals surface area contributed by atoms with Crippen molar-refractivity contribution in [3.8, 4) is 0 Å². The van der Waals surface area contributed by atoms with Gasteiger partial charge < -0.3 is 5.32 Å². The first-order chi connectivity index (χ1) is 10.1. The summed E-state index contributed by atoms with van der Waals surface area (Å²) in [7, 11) is 0. The van der Waals surface area contributed by atoms with Gasteiger partial charge >= 0.3 is 5.69 Å². The van der Waals surface area contributed by atoms with Gasteiger partial charge in [-0.05, 0) is 41.0 Å². The quantitative estimate of drug-likeness (QED) is 0.583. The molecule has 0 unspecified atom stereocenters. The van der Waals surface area contributed by atoms with Gasteiger partial charge in [0.15, 0.2) is 5.52 Å². The van der Waals surface area contributed by atoms with Gasteiger partial charge in [-0.1, -0.05) is 17.7 Å². The lowest BCUT2D eigenvalue weighted by atomic mass is 10.2. The number of benzene rings is 2. The van der Waals surface area contributed by atoms with Crippen molar-refractivity contribution in [1.29, 1.82) is 0 Å². The minimum absolute atomic E-state index is 0.0910. The van der Waals surface area contributed by atoms with E-state index in [4.69, 9.17) is 11.6 Å². The Morgan fingerprint density at radius 3 is 2.62 bits per heavy atom. The number of anilines is 2. The Balaban J connectivity index is 2.07. The Hall–Kier alpha value is -2.67. The Bertz CT molecular complexity index is 847. The first-order valence-electron chi connectivity index (χ1n) is 5.99. The van der Waals surface area contributed by atoms with Crippen LogP contribution >= 0.6 is 11.6 Å². The third-order valence-electron chi connectivity index (χ3n) is 2.98. The van der Waals surface area contributed by atoms with Crippen LogP contribution < -0.4 is 5.32 Å². The van der Waals surface area contributed by atoms with Crippen LogP contribution in [0.1, 0.15) is 5.56 Å². The summed E-state index contributed by atoms with van der Waals surface area (Å²) in [4.78, 5) is 10.4. The van der Waals surface area contributed by atoms with Crippen LogP contribution in [-0.2, 0) is 0 Å². The second-order valence-electron chi connectivity index (χ2n) is 4.46. The van der Waals surface area contributed by atoms with Crippen LogP contribution in [0.2, 0.25) is 5.02 Å². The molecule has 21 heavy (non-hydrogen) atoms. The minimum Gasteiger partial charge on any atom is -0.352 e. The van der Waals surface area contributed by atoms with Gasteiger partial charge in [-0.15, -0.1) is 0 Å². The first kappa shape index (κ1) is 13.3. The maximum atomic E-state index is 10.9. The van der Waals surface area contributed by atoms with Gasteiger partial charge in [-0.3, -0.25) is 10.1 Å². The first-order valence-corrected chi connectivity index (χ1v) is 6.37. The van der Waals surface area contributed by atoms with Crippen LogP contribution in [0.3, 0.4) is 0 Å². The summed E-state index contributed by atoms with van der Waals surface area (Å²) in [6, 6.07) is 8.42. The van der Waals surface area contributed by atoms with Gasteiger partial charge in [-0.25, -0.2) is 4.63 Å². The highest BCUT2D eigenvalue weighted by Gasteiger charge is 2.19. The predicted octanol–water partition coefficient (Wildman–Crippen LogP) is 3.84. The van der Waals surface area contributed by atoms with Crippen LogP contribution in [0.15, 0.2) is 35.0 Å². The Morgan fingerprint density at radius 2 is 1.90 bits per heavy atom. The van der Waals surface area contributed by atoms with E-state index in [9.17, 15) is 10.1 Å². The van der Waals surface area contributed by atoms with Gasteiger partial charge in [0.2, 0.25) is 5.52 Å². The van der Waals surface area contributed by atoms with Crippen molar-refractivity contribution in [3.05, 3.63) is 51.0 Å². The van der Waals surface area contributed by atoms with Crippen molar-refractivity contribution in [2.45, 2.75) is 6.92 Å². The summed E-state index contributed by atoms with van der Waals surface area (Å²) in [5, 5.41) is 21.8. The molecule has 0 amide bonds. The summed E-state index contributed by atoms with van der Waals surface area (Å²) in [6.07, 6.45) is 0. The van der Waals surface area contributed by atoms with Crippen molar-refractivity contribution < 1.29 is 9.55 Å². The molecule has 0 spiro atoms. The summed E-state index contributed by atoms with van der Waals surface area (Å²) < 4.78 is 4.61. The van der Waals surface area contributed by atoms with E-state index >= 15 is 0 Å². The molecule has 7 nitrogen and oxygen atoms in total. The number of aryl methyl sites for hydroxylation is 1. The van der Waals surface area contributed by atoms with Gasteiger partial charge in [0.1, 0.15) is 0 Å². The predicted molar refractivity (Wildman–Crippen MR) is 77.9 cm³/mol. The van der Waals surface area contributed by atoms with Crippen LogP contribution in [0.25, 0.3) is 11.0 Å². The van der Waals surface area contributed by atoms with Gasteiger partial charge in [-0.2, -0.15) is 0 Å². The van der Waals surface area contributed by atoms with E-state index in [1.54, 1.807) is 6.07 Å². The van der Waals surface area contributed by atoms with E-state index < -0.39 is 4.92 Å². The standard InChI is InChI=1S/C13H9ClN4O3/c1-7-2-3-9(8(14)6-7)15-10-4-5-11(18(19)20)13-12(10)16-21-17-13/h2-6,15H,1H3. The van der Waals surface area contributed by atoms with E-state index in [1.807, 2.05) is 25.1 Å². The highest BCUT2D eigenvalue weighted by molar-refractivity contribution is 6.33. The van der Waals surface area contributed by atoms with E-state index in [1.165, 1.54) is 6.07 Å². The lowest BCUT2D eigenvalue weighted by Gasteiger charge is -2.09. The normalized spacial score (nSPS) is 10.8. The monoisotopic (exact) mass is 304 g/mol. The van der Waals surface area contributed by atoms with Crippen molar-refractivity contribution >= 4 is 39.7 Å². The Kier molecular flexibility index (Phi) is 3.19. The number of aromatic nitrogens is 2. The molecule has 0 bridgehead atoms. The molecule has 3 aromatic rings. The second-order valence-corrected chi connectivity index (χ2v) is 4.87. The number of nitro benzene ring substituents is 1. The highest BCUT2D eigenvalue weighted by atomic mass is 35.5. The largest absolute Gasteiger partial charge is 0.352 e. The smallest absolute Gasteiger partial charge is 0.300 e. The third-order valence-corrected chi connectivity index (χ3v) is 3.30. The van der Waals surface area contributed by atoms with E-state index in [-0.39, 0.29) is 16.7 Å². The summed E-state index contributed by atoms with van der Waals surface area (Å²) >= 11 is 6.16. The molecule has 1 N–H and O–H groups in total. The SMILES string of the molecule is Cc1ccc(Nc2ccc([N+](=O)[O-])c3nonc23)c(Cl)c1. The van der Waals surface area contributed by atoms with Gasteiger partial charge in [0.05, 0.1) is 21.3 Å². The van der Waals surface area contributed by atoms with Crippen LogP contribution in [0.5, 0.6) is 0 Å². The van der Waals surface area contributed by atoms with E-state index in [0.717, 1.165) is 5.56 Å². The lowest BCUT2D eigenvalue weighted by molar-refractivity contribution is -0.383. The maximum Gasteiger partial charge on any atom is 0.300 e. The molecule has 0 radical (unpaired) electrons. The number of hydrogen-bond acceptors (Lipinski definition) is 6. The molecule has 0 saturated heterocycles. The molecule has 0 aliphatic carbocycles. The lowest BCUT2D eigenvalue weighted by Crippen LogP contribution is -1.95. The zero-order valence-corrected chi connectivity index (χ0v) is 11.6. The number of halogens is 1. The van der Waals surface area contributed by atoms with Gasteiger partial charge in [0.25, 0.3) is 0 Å². The molecule has 0 fully saturated rings. The van der Waals surface area contributed by atoms with Crippen molar-refractivity contribution in [2.75, 3.05) is 5.32 Å². The topological polar surface area (TPSA) is 94.1 Å². The number of nitrogens with one attached hydrogen (secondary N) is 1. The molecule has 0 aliphatic heterocycles. The number of nitrogens with zero attached hydrogens (tertiary/aromatic N) is 3. The van der Waals surface area contributed by atoms with Crippen molar-refractivity contribution in [2.24, 2.45) is 0 Å². The van der Waals surface area contributed by atoms with Crippen molar-refractivity contribution in [3.63, 3.8) is 0 Å². The highest BCUT2D eigenvalue weighted by Crippen LogP contribution is 2.32. The molecular weight excluding hydrogens is 296 g/mol. The molecular formula is C13H9ClN4O3. The number of rotatable bonds is 3. The number of non-ortho nitro benzene ring substituents is 1. The molecule has 1 aromatic heterocycles. The molecule has 106 valence electrons. The molecule has 0 saturated carbocycles. The third kappa shape index (κ3) is 2.38. The fourth-order valence-corrected chi connectivity index (χ4v) is 2.25. The van der Waals surface area contributed by atoms with Crippen molar-refractivity contribution in [1.82, 2.24) is 10.3 Å². The number of fused-ring (bicyclic) bond motifs is 1. The fraction of sp³-hybridized carbons (Fsp3) is 0.0769. The Morgan fingerprint density at radius 1 is 1.19 bits per heavy atom. The van der Waals surface area contributed by atoms with Gasteiger partial charge in [0, 0.05) is 6.07 Å². The minimum atomic E-state index is -0.533. The molecule has 0 aliphatic rings. The van der Waals surface area contributed by atoms with Crippen LogP contribution in [0.4, 0.5) is 17.1 Å². The van der Waals surface area contributed by atoms with E-state index in [2.05, 4.69) is 20.3 Å². The average molecular weight is 305 g/mol. The van der Waals surface area contributed by atoms with Crippen LogP contribution in [-0.4, -0.2) is 15.2 Å². The summed E-state index contributed by atoms with van der Waals surface area (Å²) in [6.45, 7) is 1.93.